The number of benzene rings is 3. The molecule has 1 N–H and O–H groups in total. The molecule has 1 heterocycles. The molecule has 3 aromatic carbocycles. The van der Waals surface area contributed by atoms with E-state index < -0.39 is 15.9 Å². The molecule has 0 bridgehead atoms. The van der Waals surface area contributed by atoms with Crippen LogP contribution in [0.4, 0.5) is 17.1 Å². The highest BCUT2D eigenvalue weighted by molar-refractivity contribution is 7.92. The largest absolute Gasteiger partial charge is 0.325 e. The summed E-state index contributed by atoms with van der Waals surface area (Å²) in [4.78, 5) is 26.7. The summed E-state index contributed by atoms with van der Waals surface area (Å²) in [6.45, 7) is 4.05. The van der Waals surface area contributed by atoms with Gasteiger partial charge in [-0.2, -0.15) is 0 Å². The van der Waals surface area contributed by atoms with Crippen LogP contribution < -0.4 is 14.5 Å². The molecular formula is C26H27N3O4S. The Morgan fingerprint density at radius 1 is 0.971 bits per heavy atom. The lowest BCUT2D eigenvalue weighted by Gasteiger charge is -2.24. The van der Waals surface area contributed by atoms with Crippen LogP contribution in [-0.4, -0.2) is 33.3 Å². The molecule has 4 rings (SSSR count). The maximum absolute atomic E-state index is 13.5. The van der Waals surface area contributed by atoms with Crippen LogP contribution in [0.1, 0.15) is 24.0 Å². The molecule has 0 saturated carbocycles. The van der Waals surface area contributed by atoms with Crippen molar-refractivity contribution < 1.29 is 18.0 Å². The molecule has 34 heavy (non-hydrogen) atoms. The molecule has 0 aliphatic carbocycles. The molecule has 0 atom stereocenters. The second-order valence-electron chi connectivity index (χ2n) is 8.41. The molecule has 8 heteroatoms. The van der Waals surface area contributed by atoms with Gasteiger partial charge in [0.05, 0.1) is 10.6 Å². The number of sulfonamides is 1. The second kappa shape index (κ2) is 9.69. The Morgan fingerprint density at radius 3 is 2.29 bits per heavy atom. The van der Waals surface area contributed by atoms with Crippen molar-refractivity contribution in [1.82, 2.24) is 0 Å². The summed E-state index contributed by atoms with van der Waals surface area (Å²) < 4.78 is 28.1. The first-order chi connectivity index (χ1) is 16.2. The molecule has 1 fully saturated rings. The average molecular weight is 478 g/mol. The molecule has 1 saturated heterocycles. The number of hydrogen-bond acceptors (Lipinski definition) is 4. The summed E-state index contributed by atoms with van der Waals surface area (Å²) in [6.07, 6.45) is 1.38. The van der Waals surface area contributed by atoms with E-state index in [-0.39, 0.29) is 17.3 Å². The lowest BCUT2D eigenvalue weighted by Crippen LogP contribution is -2.38. The van der Waals surface area contributed by atoms with E-state index >= 15 is 0 Å². The predicted molar refractivity (Wildman–Crippen MR) is 134 cm³/mol. The predicted octanol–water partition coefficient (Wildman–Crippen LogP) is 4.26. The van der Waals surface area contributed by atoms with Crippen molar-refractivity contribution in [2.24, 2.45) is 0 Å². The monoisotopic (exact) mass is 477 g/mol. The topological polar surface area (TPSA) is 86.8 Å². The van der Waals surface area contributed by atoms with Gasteiger partial charge in [0.1, 0.15) is 6.54 Å². The van der Waals surface area contributed by atoms with Crippen LogP contribution in [0.15, 0.2) is 77.7 Å². The first kappa shape index (κ1) is 23.5. The number of amides is 2. The van der Waals surface area contributed by atoms with Crippen molar-refractivity contribution in [3.8, 4) is 0 Å². The summed E-state index contributed by atoms with van der Waals surface area (Å²) >= 11 is 0. The van der Waals surface area contributed by atoms with Gasteiger partial charge in [0.2, 0.25) is 11.8 Å². The molecule has 0 radical (unpaired) electrons. The molecular weight excluding hydrogens is 450 g/mol. The zero-order valence-electron chi connectivity index (χ0n) is 19.2. The van der Waals surface area contributed by atoms with Gasteiger partial charge in [0, 0.05) is 24.3 Å². The SMILES string of the molecule is Cc1ccc(S(=O)(=O)N(CC(=O)Nc2ccc(N3CCCC3=O)cc2)c2cccc(C)c2)cc1. The van der Waals surface area contributed by atoms with Gasteiger partial charge in [-0.15, -0.1) is 0 Å². The van der Waals surface area contributed by atoms with E-state index in [1.165, 1.54) is 0 Å². The zero-order valence-corrected chi connectivity index (χ0v) is 20.0. The summed E-state index contributed by atoms with van der Waals surface area (Å²) in [5.74, 6) is -0.380. The number of carbonyl (C=O) groups is 2. The van der Waals surface area contributed by atoms with Gasteiger partial charge < -0.3 is 10.2 Å². The van der Waals surface area contributed by atoms with Gasteiger partial charge in [0.25, 0.3) is 10.0 Å². The quantitative estimate of drug-likeness (QED) is 0.551. The van der Waals surface area contributed by atoms with Crippen LogP contribution in [0, 0.1) is 13.8 Å². The van der Waals surface area contributed by atoms with Crippen molar-refractivity contribution in [2.45, 2.75) is 31.6 Å². The minimum Gasteiger partial charge on any atom is -0.325 e. The van der Waals surface area contributed by atoms with Crippen LogP contribution in [0.5, 0.6) is 0 Å². The standard InChI is InChI=1S/C26H27N3O4S/c1-19-8-14-24(15-9-19)34(32,33)29(23-6-3-5-20(2)17-23)18-25(30)27-21-10-12-22(13-11-21)28-16-4-7-26(28)31/h3,5-6,8-15,17H,4,7,16,18H2,1-2H3,(H,27,30). The van der Waals surface area contributed by atoms with Gasteiger partial charge in [0.15, 0.2) is 0 Å². The third-order valence-electron chi connectivity index (χ3n) is 5.72. The summed E-state index contributed by atoms with van der Waals surface area (Å²) in [7, 11) is -3.97. The number of hydrogen-bond donors (Lipinski definition) is 1. The van der Waals surface area contributed by atoms with Crippen molar-refractivity contribution in [3.05, 3.63) is 83.9 Å². The van der Waals surface area contributed by atoms with E-state index in [9.17, 15) is 18.0 Å². The summed E-state index contributed by atoms with van der Waals surface area (Å²) in [5, 5.41) is 2.77. The van der Waals surface area contributed by atoms with Gasteiger partial charge in [-0.05, 0) is 74.4 Å². The van der Waals surface area contributed by atoms with E-state index in [1.54, 1.807) is 71.6 Å². The van der Waals surface area contributed by atoms with Gasteiger partial charge >= 0.3 is 0 Å². The van der Waals surface area contributed by atoms with Crippen LogP contribution in [0.3, 0.4) is 0 Å². The molecule has 176 valence electrons. The number of aryl methyl sites for hydroxylation is 2. The molecule has 1 aliphatic heterocycles. The van der Waals surface area contributed by atoms with Crippen molar-refractivity contribution in [3.63, 3.8) is 0 Å². The zero-order chi connectivity index (χ0) is 24.3. The number of rotatable bonds is 7. The van der Waals surface area contributed by atoms with E-state index in [0.29, 0.717) is 24.3 Å². The Kier molecular flexibility index (Phi) is 6.70. The molecule has 0 unspecified atom stereocenters. The molecule has 1 aliphatic rings. The van der Waals surface area contributed by atoms with Crippen molar-refractivity contribution >= 4 is 38.9 Å². The van der Waals surface area contributed by atoms with E-state index in [0.717, 1.165) is 27.5 Å². The van der Waals surface area contributed by atoms with E-state index in [4.69, 9.17) is 0 Å². The normalized spacial score (nSPS) is 13.7. The Labute approximate surface area is 200 Å². The average Bonchev–Trinajstić information content (AvgIpc) is 3.24. The molecule has 0 spiro atoms. The molecule has 0 aromatic heterocycles. The van der Waals surface area contributed by atoms with Crippen molar-refractivity contribution in [2.75, 3.05) is 27.6 Å². The lowest BCUT2D eigenvalue weighted by molar-refractivity contribution is -0.117. The third-order valence-corrected chi connectivity index (χ3v) is 7.51. The van der Waals surface area contributed by atoms with E-state index in [2.05, 4.69) is 5.32 Å². The van der Waals surface area contributed by atoms with Crippen LogP contribution in [0.2, 0.25) is 0 Å². The van der Waals surface area contributed by atoms with Gasteiger partial charge in [-0.25, -0.2) is 8.42 Å². The van der Waals surface area contributed by atoms with Crippen molar-refractivity contribution in [1.29, 1.82) is 0 Å². The third kappa shape index (κ3) is 5.12. The Morgan fingerprint density at radius 2 is 1.68 bits per heavy atom. The maximum atomic E-state index is 13.5. The number of nitrogens with zero attached hydrogens (tertiary/aromatic N) is 2. The minimum absolute atomic E-state index is 0.0897. The Bertz CT molecular complexity index is 1300. The second-order valence-corrected chi connectivity index (χ2v) is 10.3. The molecule has 2 amide bonds. The number of anilines is 3. The fourth-order valence-corrected chi connectivity index (χ4v) is 5.33. The molecule has 3 aromatic rings. The van der Waals surface area contributed by atoms with Crippen LogP contribution >= 0.6 is 0 Å². The van der Waals surface area contributed by atoms with Gasteiger partial charge in [-0.1, -0.05) is 29.8 Å². The first-order valence-corrected chi connectivity index (χ1v) is 12.5. The smallest absolute Gasteiger partial charge is 0.264 e. The van der Waals surface area contributed by atoms with Crippen LogP contribution in [0.25, 0.3) is 0 Å². The summed E-state index contributed by atoms with van der Waals surface area (Å²) in [5.41, 5.74) is 3.55. The highest BCUT2D eigenvalue weighted by atomic mass is 32.2. The fourth-order valence-electron chi connectivity index (χ4n) is 3.91. The summed E-state index contributed by atoms with van der Waals surface area (Å²) in [6, 6.07) is 20.6. The van der Waals surface area contributed by atoms with E-state index in [1.807, 2.05) is 19.9 Å². The Hall–Kier alpha value is -3.65. The highest BCUT2D eigenvalue weighted by Crippen LogP contribution is 2.26. The molecule has 7 nitrogen and oxygen atoms in total. The van der Waals surface area contributed by atoms with Crippen LogP contribution in [-0.2, 0) is 19.6 Å². The van der Waals surface area contributed by atoms with Gasteiger partial charge in [-0.3, -0.25) is 13.9 Å². The number of carbonyl (C=O) groups excluding carboxylic acids is 2. The minimum atomic E-state index is -3.97. The number of nitrogens with one attached hydrogen (secondary N) is 1. The fraction of sp³-hybridized carbons (Fsp3) is 0.231. The first-order valence-electron chi connectivity index (χ1n) is 11.1. The lowest BCUT2D eigenvalue weighted by atomic mass is 10.2. The Balaban J connectivity index is 1.56. The maximum Gasteiger partial charge on any atom is 0.264 e. The highest BCUT2D eigenvalue weighted by Gasteiger charge is 2.27.